The molecule has 0 aliphatic rings. The van der Waals surface area contributed by atoms with Crippen LogP contribution in [0.25, 0.3) is 0 Å². The third kappa shape index (κ3) is 5.94. The van der Waals surface area contributed by atoms with Crippen LogP contribution in [0.2, 0.25) is 9.88 Å². The summed E-state index contributed by atoms with van der Waals surface area (Å²) in [6.45, 7) is 0. The zero-order valence-electron chi connectivity index (χ0n) is 7.32. The minimum absolute atomic E-state index is 1.55. The third-order valence-electron chi connectivity index (χ3n) is 0.931. The van der Waals surface area contributed by atoms with E-state index in [0.717, 1.165) is 0 Å². The van der Waals surface area contributed by atoms with Gasteiger partial charge in [0.2, 0.25) is 0 Å². The molecule has 11 heavy (non-hydrogen) atoms. The van der Waals surface area contributed by atoms with E-state index in [1.807, 2.05) is 0 Å². The summed E-state index contributed by atoms with van der Waals surface area (Å²) in [5, 5.41) is 0. The molecule has 0 aromatic rings. The van der Waals surface area contributed by atoms with Gasteiger partial charge in [-0.3, -0.25) is 0 Å². The van der Waals surface area contributed by atoms with E-state index in [2.05, 4.69) is 39.4 Å². The minimum atomic E-state index is -2.41. The fourth-order valence-electron chi connectivity index (χ4n) is 0.388. The van der Waals surface area contributed by atoms with Crippen molar-refractivity contribution in [2.75, 3.05) is 14.2 Å². The van der Waals surface area contributed by atoms with Crippen LogP contribution in [0.5, 0.6) is 0 Å². The molecule has 0 bridgehead atoms. The van der Waals surface area contributed by atoms with Crippen LogP contribution in [-0.2, 0) is 9.47 Å². The van der Waals surface area contributed by atoms with E-state index in [4.69, 9.17) is 0 Å². The van der Waals surface area contributed by atoms with Crippen LogP contribution in [0.1, 0.15) is 0 Å². The van der Waals surface area contributed by atoms with Gasteiger partial charge in [0.1, 0.15) is 0 Å². The molecule has 60 valence electrons. The molecular weight excluding hydrogens is 247 g/mol. The van der Waals surface area contributed by atoms with Gasteiger partial charge in [-0.1, -0.05) is 0 Å². The van der Waals surface area contributed by atoms with Crippen LogP contribution in [0.3, 0.4) is 0 Å². The van der Waals surface area contributed by atoms with Gasteiger partial charge in [0, 0.05) is 0 Å². The van der Waals surface area contributed by atoms with E-state index in [0.29, 0.717) is 0 Å². The van der Waals surface area contributed by atoms with E-state index in [1.54, 1.807) is 14.2 Å². The summed E-state index contributed by atoms with van der Waals surface area (Å²) < 4.78 is 15.3. The second-order valence-corrected chi connectivity index (χ2v) is 13.2. The maximum absolute atomic E-state index is 4.64. The Morgan fingerprint density at radius 1 is 0.909 bits per heavy atom. The normalized spacial score (nSPS) is 8.36. The molecule has 0 saturated heterocycles. The molecule has 0 fully saturated rings. The van der Waals surface area contributed by atoms with Gasteiger partial charge in [-0.2, -0.15) is 0 Å². The van der Waals surface area contributed by atoms with Crippen molar-refractivity contribution in [3.8, 4) is 20.1 Å². The second kappa shape index (κ2) is 5.21. The van der Waals surface area contributed by atoms with Crippen molar-refractivity contribution < 1.29 is 9.47 Å². The first-order valence-electron chi connectivity index (χ1n) is 3.22. The summed E-state index contributed by atoms with van der Waals surface area (Å²) in [5.41, 5.74) is 0. The van der Waals surface area contributed by atoms with E-state index < -0.39 is 18.4 Å². The predicted octanol–water partition coefficient (Wildman–Crippen LogP) is 0.988. The zero-order valence-corrected chi connectivity index (χ0v) is 10.2. The van der Waals surface area contributed by atoms with Crippen molar-refractivity contribution in [3.05, 3.63) is 0 Å². The van der Waals surface area contributed by atoms with Crippen LogP contribution in [0, 0.1) is 20.1 Å². The van der Waals surface area contributed by atoms with Crippen LogP contribution in [-0.4, -0.2) is 32.6 Å². The average Bonchev–Trinajstić information content (AvgIpc) is 1.97. The predicted molar refractivity (Wildman–Crippen MR) is 47.1 cm³/mol. The van der Waals surface area contributed by atoms with Crippen molar-refractivity contribution in [2.24, 2.45) is 0 Å². The molecule has 0 aliphatic carbocycles. The third-order valence-corrected chi connectivity index (χ3v) is 5.08. The Bertz CT molecular complexity index is 200. The summed E-state index contributed by atoms with van der Waals surface area (Å²) in [6, 6.07) is 0. The number of methoxy groups -OCH3 is 2. The molecule has 0 aromatic carbocycles. The van der Waals surface area contributed by atoms with Crippen molar-refractivity contribution in [3.63, 3.8) is 0 Å². The van der Waals surface area contributed by atoms with Gasteiger partial charge in [0.15, 0.2) is 0 Å². The molecule has 3 heteroatoms. The Balaban J connectivity index is 4.21. The summed E-state index contributed by atoms with van der Waals surface area (Å²) in [7, 11) is 3.11. The van der Waals surface area contributed by atoms with Crippen molar-refractivity contribution in [2.45, 2.75) is 9.88 Å². The first-order valence-corrected chi connectivity index (χ1v) is 11.8. The molecule has 0 atom stereocenters. The van der Waals surface area contributed by atoms with Gasteiger partial charge in [-0.15, -0.1) is 0 Å². The molecule has 0 aliphatic heterocycles. The molecule has 0 aromatic heterocycles. The Morgan fingerprint density at radius 3 is 1.55 bits per heavy atom. The maximum atomic E-state index is 4.64. The van der Waals surface area contributed by atoms with Crippen molar-refractivity contribution in [1.29, 1.82) is 0 Å². The Hall–Kier alpha value is -0.481. The van der Waals surface area contributed by atoms with E-state index >= 15 is 0 Å². The van der Waals surface area contributed by atoms with E-state index in [-0.39, 0.29) is 0 Å². The van der Waals surface area contributed by atoms with E-state index in [1.165, 1.54) is 0 Å². The number of hydrogen-bond acceptors (Lipinski definition) is 2. The molecule has 0 rings (SSSR count). The van der Waals surface area contributed by atoms with Gasteiger partial charge in [-0.05, 0) is 0 Å². The molecular formula is C8H12O2Sn. The number of rotatable bonds is 0. The molecule has 0 amide bonds. The topological polar surface area (TPSA) is 18.5 Å². The second-order valence-electron chi connectivity index (χ2n) is 2.49. The SMILES string of the molecule is COC#[C][Sn]([CH3])([CH3])[C]#COC. The van der Waals surface area contributed by atoms with Gasteiger partial charge in [-0.25, -0.2) is 0 Å². The molecule has 0 N–H and O–H groups in total. The molecule has 0 spiro atoms. The van der Waals surface area contributed by atoms with Crippen LogP contribution in [0.15, 0.2) is 0 Å². The van der Waals surface area contributed by atoms with Crippen LogP contribution >= 0.6 is 0 Å². The number of hydrogen-bond donors (Lipinski definition) is 0. The summed E-state index contributed by atoms with van der Waals surface area (Å²) in [5.74, 6) is 0. The molecule has 0 saturated carbocycles. The fourth-order valence-corrected chi connectivity index (χ4v) is 2.61. The van der Waals surface area contributed by atoms with Gasteiger partial charge in [0.25, 0.3) is 0 Å². The van der Waals surface area contributed by atoms with Crippen LogP contribution in [0.4, 0.5) is 0 Å². The summed E-state index contributed by atoms with van der Waals surface area (Å²) >= 11 is -2.41. The average molecular weight is 259 g/mol. The quantitative estimate of drug-likeness (QED) is 0.477. The Morgan fingerprint density at radius 2 is 1.27 bits per heavy atom. The summed E-state index contributed by atoms with van der Waals surface area (Å²) in [4.78, 5) is 4.21. The monoisotopic (exact) mass is 260 g/mol. The fraction of sp³-hybridized carbons (Fsp3) is 0.500. The van der Waals surface area contributed by atoms with Gasteiger partial charge >= 0.3 is 72.0 Å². The molecule has 2 nitrogen and oxygen atoms in total. The van der Waals surface area contributed by atoms with Gasteiger partial charge in [0.05, 0.1) is 0 Å². The Labute approximate surface area is 72.1 Å². The molecule has 0 unspecified atom stereocenters. The first-order chi connectivity index (χ1) is 5.12. The van der Waals surface area contributed by atoms with Gasteiger partial charge < -0.3 is 0 Å². The van der Waals surface area contributed by atoms with E-state index in [9.17, 15) is 0 Å². The number of ether oxygens (including phenoxy) is 2. The van der Waals surface area contributed by atoms with Crippen molar-refractivity contribution >= 4 is 18.4 Å². The van der Waals surface area contributed by atoms with Crippen molar-refractivity contribution in [1.82, 2.24) is 0 Å². The Kier molecular flexibility index (Phi) is 4.98. The molecule has 0 radical (unpaired) electrons. The standard InChI is InChI=1S/2C3H3O.2CH3.Sn/c2*1-3-4-2;;;/h2*2H3;2*1H3;. The first kappa shape index (κ1) is 10.5. The molecule has 0 heterocycles. The zero-order chi connectivity index (χ0) is 8.74. The summed E-state index contributed by atoms with van der Waals surface area (Å²) in [6.07, 6.45) is 5.17. The van der Waals surface area contributed by atoms with Crippen LogP contribution < -0.4 is 0 Å².